The minimum absolute atomic E-state index is 0.0700. The maximum absolute atomic E-state index is 12.1. The molecule has 126 valence electrons. The van der Waals surface area contributed by atoms with Crippen molar-refractivity contribution in [1.29, 1.82) is 0 Å². The predicted octanol–water partition coefficient (Wildman–Crippen LogP) is 2.04. The van der Waals surface area contributed by atoms with Gasteiger partial charge in [0.05, 0.1) is 13.0 Å². The highest BCUT2D eigenvalue weighted by Gasteiger charge is 2.29. The fraction of sp³-hybridized carbons (Fsp3) is 0.235. The van der Waals surface area contributed by atoms with Crippen molar-refractivity contribution in [3.05, 3.63) is 52.8 Å². The molecule has 7 nitrogen and oxygen atoms in total. The number of aryl methyl sites for hydroxylation is 1. The number of esters is 1. The molecule has 2 amide bonds. The van der Waals surface area contributed by atoms with Crippen LogP contribution in [0.1, 0.15) is 39.0 Å². The van der Waals surface area contributed by atoms with E-state index in [0.29, 0.717) is 0 Å². The van der Waals surface area contributed by atoms with Gasteiger partial charge in [0.2, 0.25) is 11.8 Å². The smallest absolute Gasteiger partial charge is 0.342 e. The lowest BCUT2D eigenvalue weighted by Crippen LogP contribution is -2.21. The van der Waals surface area contributed by atoms with Crippen molar-refractivity contribution < 1.29 is 23.5 Å². The van der Waals surface area contributed by atoms with E-state index >= 15 is 0 Å². The summed E-state index contributed by atoms with van der Waals surface area (Å²) in [6, 6.07) is 9.06. The number of ether oxygens (including phenoxy) is 1. The molecule has 2 rings (SSSR count). The molecule has 24 heavy (non-hydrogen) atoms. The van der Waals surface area contributed by atoms with Crippen LogP contribution in [-0.2, 0) is 16.0 Å². The number of anilines is 1. The summed E-state index contributed by atoms with van der Waals surface area (Å²) in [5, 5.41) is 2.48. The lowest BCUT2D eigenvalue weighted by Gasteiger charge is -2.05. The van der Waals surface area contributed by atoms with Crippen molar-refractivity contribution in [3.63, 3.8) is 0 Å². The SMILES string of the molecule is CCOC(=O)c1c(C)oc(NC(=O)Cc2ccccc2)c1C(N)=O. The van der Waals surface area contributed by atoms with Gasteiger partial charge < -0.3 is 14.9 Å². The van der Waals surface area contributed by atoms with Crippen molar-refractivity contribution in [1.82, 2.24) is 0 Å². The molecule has 1 heterocycles. The maximum Gasteiger partial charge on any atom is 0.342 e. The molecule has 2 aromatic rings. The molecule has 0 atom stereocenters. The second-order valence-electron chi connectivity index (χ2n) is 5.03. The number of hydrogen-bond acceptors (Lipinski definition) is 5. The Kier molecular flexibility index (Phi) is 5.36. The summed E-state index contributed by atoms with van der Waals surface area (Å²) in [5.74, 6) is -2.00. The van der Waals surface area contributed by atoms with Crippen molar-refractivity contribution in [2.45, 2.75) is 20.3 Å². The molecule has 0 aliphatic heterocycles. The maximum atomic E-state index is 12.1. The fourth-order valence-electron chi connectivity index (χ4n) is 2.27. The van der Waals surface area contributed by atoms with Gasteiger partial charge in [-0.05, 0) is 19.4 Å². The van der Waals surface area contributed by atoms with Gasteiger partial charge in [0, 0.05) is 0 Å². The van der Waals surface area contributed by atoms with Crippen LogP contribution in [0.5, 0.6) is 0 Å². The van der Waals surface area contributed by atoms with E-state index < -0.39 is 17.8 Å². The van der Waals surface area contributed by atoms with Gasteiger partial charge in [0.1, 0.15) is 16.9 Å². The summed E-state index contributed by atoms with van der Waals surface area (Å²) in [5.41, 5.74) is 5.87. The van der Waals surface area contributed by atoms with Gasteiger partial charge in [-0.3, -0.25) is 14.9 Å². The van der Waals surface area contributed by atoms with Crippen molar-refractivity contribution in [2.75, 3.05) is 11.9 Å². The Balaban J connectivity index is 2.27. The summed E-state index contributed by atoms with van der Waals surface area (Å²) in [7, 11) is 0. The molecule has 3 N–H and O–H groups in total. The number of primary amides is 1. The van der Waals surface area contributed by atoms with E-state index in [1.165, 1.54) is 6.92 Å². The monoisotopic (exact) mass is 330 g/mol. The minimum Gasteiger partial charge on any atom is -0.462 e. The number of nitrogens with two attached hydrogens (primary N) is 1. The third kappa shape index (κ3) is 3.81. The quantitative estimate of drug-likeness (QED) is 0.787. The molecule has 0 aliphatic carbocycles. The first-order chi connectivity index (χ1) is 11.4. The molecule has 7 heteroatoms. The first-order valence-electron chi connectivity index (χ1n) is 7.38. The predicted molar refractivity (Wildman–Crippen MR) is 86.7 cm³/mol. The Hall–Kier alpha value is -3.09. The van der Waals surface area contributed by atoms with Gasteiger partial charge in [0.15, 0.2) is 0 Å². The van der Waals surface area contributed by atoms with Gasteiger partial charge in [0.25, 0.3) is 5.91 Å². The van der Waals surface area contributed by atoms with Crippen LogP contribution in [-0.4, -0.2) is 24.4 Å². The average molecular weight is 330 g/mol. The Labute approximate surface area is 138 Å². The van der Waals surface area contributed by atoms with E-state index in [-0.39, 0.29) is 35.8 Å². The van der Waals surface area contributed by atoms with Gasteiger partial charge in [-0.2, -0.15) is 0 Å². The van der Waals surface area contributed by atoms with Gasteiger partial charge in [-0.15, -0.1) is 0 Å². The molecule has 0 bridgehead atoms. The van der Waals surface area contributed by atoms with E-state index in [9.17, 15) is 14.4 Å². The van der Waals surface area contributed by atoms with Crippen LogP contribution in [0, 0.1) is 6.92 Å². The Morgan fingerprint density at radius 3 is 2.42 bits per heavy atom. The van der Waals surface area contributed by atoms with E-state index in [1.807, 2.05) is 18.2 Å². The highest BCUT2D eigenvalue weighted by Crippen LogP contribution is 2.27. The van der Waals surface area contributed by atoms with Crippen LogP contribution < -0.4 is 11.1 Å². The summed E-state index contributed by atoms with van der Waals surface area (Å²) in [6.07, 6.45) is 0.0908. The highest BCUT2D eigenvalue weighted by atomic mass is 16.5. The van der Waals surface area contributed by atoms with Crippen LogP contribution in [0.4, 0.5) is 5.88 Å². The molecule has 0 aliphatic rings. The van der Waals surface area contributed by atoms with Crippen molar-refractivity contribution in [3.8, 4) is 0 Å². The Morgan fingerprint density at radius 1 is 1.17 bits per heavy atom. The number of carbonyl (C=O) groups excluding carboxylic acids is 3. The molecular weight excluding hydrogens is 312 g/mol. The molecule has 0 saturated heterocycles. The lowest BCUT2D eigenvalue weighted by atomic mass is 10.1. The topological polar surface area (TPSA) is 112 Å². The van der Waals surface area contributed by atoms with Gasteiger partial charge >= 0.3 is 5.97 Å². The Bertz CT molecular complexity index is 765. The zero-order chi connectivity index (χ0) is 17.7. The van der Waals surface area contributed by atoms with E-state index in [0.717, 1.165) is 5.56 Å². The van der Waals surface area contributed by atoms with Crippen LogP contribution in [0.3, 0.4) is 0 Å². The molecule has 0 spiro atoms. The van der Waals surface area contributed by atoms with E-state index in [2.05, 4.69) is 5.32 Å². The summed E-state index contributed by atoms with van der Waals surface area (Å²) >= 11 is 0. The third-order valence-corrected chi connectivity index (χ3v) is 3.27. The molecule has 0 radical (unpaired) electrons. The number of nitrogens with one attached hydrogen (secondary N) is 1. The lowest BCUT2D eigenvalue weighted by molar-refractivity contribution is -0.115. The van der Waals surface area contributed by atoms with Crippen LogP contribution in [0.2, 0.25) is 0 Å². The van der Waals surface area contributed by atoms with E-state index in [4.69, 9.17) is 14.9 Å². The Morgan fingerprint density at radius 2 is 1.83 bits per heavy atom. The second-order valence-corrected chi connectivity index (χ2v) is 5.03. The normalized spacial score (nSPS) is 10.2. The number of rotatable bonds is 6. The number of amides is 2. The van der Waals surface area contributed by atoms with Gasteiger partial charge in [-0.1, -0.05) is 30.3 Å². The zero-order valence-corrected chi connectivity index (χ0v) is 13.4. The second kappa shape index (κ2) is 7.45. The zero-order valence-electron chi connectivity index (χ0n) is 13.4. The van der Waals surface area contributed by atoms with Crippen molar-refractivity contribution >= 4 is 23.7 Å². The first kappa shape index (κ1) is 17.3. The van der Waals surface area contributed by atoms with Crippen LogP contribution in [0.25, 0.3) is 0 Å². The number of hydrogen-bond donors (Lipinski definition) is 2. The third-order valence-electron chi connectivity index (χ3n) is 3.27. The standard InChI is InChI=1S/C17H18N2O5/c1-3-23-17(22)13-10(2)24-16(14(13)15(18)21)19-12(20)9-11-7-5-4-6-8-11/h4-8H,3,9H2,1-2H3,(H2,18,21)(H,19,20). The summed E-state index contributed by atoms with van der Waals surface area (Å²) in [4.78, 5) is 35.8. The summed E-state index contributed by atoms with van der Waals surface area (Å²) in [6.45, 7) is 3.27. The number of benzene rings is 1. The molecule has 1 aromatic carbocycles. The highest BCUT2D eigenvalue weighted by molar-refractivity contribution is 6.10. The summed E-state index contributed by atoms with van der Waals surface area (Å²) < 4.78 is 10.2. The largest absolute Gasteiger partial charge is 0.462 e. The molecular formula is C17H18N2O5. The molecule has 0 fully saturated rings. The molecule has 0 unspecified atom stereocenters. The minimum atomic E-state index is -0.884. The molecule has 1 aromatic heterocycles. The fourth-order valence-corrected chi connectivity index (χ4v) is 2.27. The number of furan rings is 1. The first-order valence-corrected chi connectivity index (χ1v) is 7.38. The van der Waals surface area contributed by atoms with Crippen molar-refractivity contribution in [2.24, 2.45) is 5.73 Å². The number of carbonyl (C=O) groups is 3. The molecule has 0 saturated carbocycles. The van der Waals surface area contributed by atoms with E-state index in [1.54, 1.807) is 19.1 Å². The van der Waals surface area contributed by atoms with Gasteiger partial charge in [-0.25, -0.2) is 4.79 Å². The van der Waals surface area contributed by atoms with Crippen LogP contribution >= 0.6 is 0 Å². The van der Waals surface area contributed by atoms with Crippen LogP contribution in [0.15, 0.2) is 34.7 Å². The average Bonchev–Trinajstić information content (AvgIpc) is 2.84.